The molecule has 4 N–H and O–H groups in total. The van der Waals surface area contributed by atoms with Crippen molar-refractivity contribution in [1.29, 1.82) is 0 Å². The Morgan fingerprint density at radius 2 is 2.16 bits per heavy atom. The zero-order chi connectivity index (χ0) is 14.3. The van der Waals surface area contributed by atoms with Crippen LogP contribution in [-0.2, 0) is 4.74 Å². The number of hydrogen-bond acceptors (Lipinski definition) is 4. The molecule has 5 heteroatoms. The number of amides is 1. The first-order valence-electron chi connectivity index (χ1n) is 6.60. The van der Waals surface area contributed by atoms with E-state index in [2.05, 4.69) is 10.6 Å². The minimum Gasteiger partial charge on any atom is -0.399 e. The van der Waals surface area contributed by atoms with E-state index in [1.807, 2.05) is 20.8 Å². The van der Waals surface area contributed by atoms with Gasteiger partial charge in [-0.25, -0.2) is 0 Å². The summed E-state index contributed by atoms with van der Waals surface area (Å²) in [4.78, 5) is 11.9. The van der Waals surface area contributed by atoms with Gasteiger partial charge in [0.05, 0.1) is 12.2 Å². The summed E-state index contributed by atoms with van der Waals surface area (Å²) in [7, 11) is 0. The van der Waals surface area contributed by atoms with Crippen molar-refractivity contribution in [3.8, 4) is 0 Å². The molecular formula is C14H23N3O2. The van der Waals surface area contributed by atoms with Crippen LogP contribution in [0.2, 0.25) is 0 Å². The highest BCUT2D eigenvalue weighted by atomic mass is 16.5. The molecule has 19 heavy (non-hydrogen) atoms. The van der Waals surface area contributed by atoms with Crippen LogP contribution in [0.4, 0.5) is 11.4 Å². The van der Waals surface area contributed by atoms with Crippen molar-refractivity contribution < 1.29 is 9.53 Å². The first-order chi connectivity index (χ1) is 9.08. The molecule has 5 nitrogen and oxygen atoms in total. The first kappa shape index (κ1) is 15.3. The average Bonchev–Trinajstić information content (AvgIpc) is 2.36. The predicted octanol–water partition coefficient (Wildman–Crippen LogP) is 1.86. The summed E-state index contributed by atoms with van der Waals surface area (Å²) < 4.78 is 5.35. The van der Waals surface area contributed by atoms with Crippen LogP contribution < -0.4 is 16.4 Å². The maximum absolute atomic E-state index is 11.9. The van der Waals surface area contributed by atoms with Gasteiger partial charge in [0.25, 0.3) is 5.91 Å². The van der Waals surface area contributed by atoms with Crippen molar-refractivity contribution in [2.45, 2.75) is 26.8 Å². The molecule has 1 rings (SSSR count). The van der Waals surface area contributed by atoms with Gasteiger partial charge in [0.2, 0.25) is 0 Å². The molecule has 0 heterocycles. The largest absolute Gasteiger partial charge is 0.399 e. The molecular weight excluding hydrogens is 242 g/mol. The molecule has 0 aliphatic rings. The van der Waals surface area contributed by atoms with Crippen molar-refractivity contribution in [2.75, 3.05) is 30.8 Å². The minimum absolute atomic E-state index is 0.103. The molecule has 0 spiro atoms. The number of carbonyl (C=O) groups is 1. The molecule has 1 atom stereocenters. The van der Waals surface area contributed by atoms with Crippen LogP contribution in [0.15, 0.2) is 18.2 Å². The van der Waals surface area contributed by atoms with E-state index in [9.17, 15) is 4.79 Å². The number of rotatable bonds is 7. The van der Waals surface area contributed by atoms with E-state index in [4.69, 9.17) is 10.5 Å². The molecule has 1 aromatic rings. The maximum Gasteiger partial charge on any atom is 0.253 e. The number of carbonyl (C=O) groups excluding carboxylic acids is 1. The van der Waals surface area contributed by atoms with Gasteiger partial charge in [-0.2, -0.15) is 0 Å². The summed E-state index contributed by atoms with van der Waals surface area (Å²) in [6.45, 7) is 7.69. The summed E-state index contributed by atoms with van der Waals surface area (Å²) in [6.07, 6.45) is 0. The molecule has 106 valence electrons. The minimum atomic E-state index is -0.103. The number of ether oxygens (including phenoxy) is 1. The Morgan fingerprint density at radius 1 is 1.42 bits per heavy atom. The lowest BCUT2D eigenvalue weighted by atomic mass is 10.1. The van der Waals surface area contributed by atoms with E-state index in [1.54, 1.807) is 18.2 Å². The fourth-order valence-electron chi connectivity index (χ4n) is 1.74. The van der Waals surface area contributed by atoms with Crippen molar-refractivity contribution in [2.24, 2.45) is 0 Å². The third-order valence-electron chi connectivity index (χ3n) is 2.60. The van der Waals surface area contributed by atoms with Crippen LogP contribution in [0.25, 0.3) is 0 Å². The molecule has 0 aliphatic carbocycles. The molecule has 0 fully saturated rings. The van der Waals surface area contributed by atoms with E-state index in [0.29, 0.717) is 31.0 Å². The second kappa shape index (κ2) is 7.63. The average molecular weight is 265 g/mol. The van der Waals surface area contributed by atoms with Gasteiger partial charge in [0.15, 0.2) is 0 Å². The van der Waals surface area contributed by atoms with Crippen LogP contribution in [0, 0.1) is 0 Å². The molecule has 1 aromatic carbocycles. The van der Waals surface area contributed by atoms with Crippen LogP contribution in [0.1, 0.15) is 31.1 Å². The predicted molar refractivity (Wildman–Crippen MR) is 78.4 cm³/mol. The Labute approximate surface area is 114 Å². The normalized spacial score (nSPS) is 11.9. The lowest BCUT2D eigenvalue weighted by Crippen LogP contribution is -2.27. The fraction of sp³-hybridized carbons (Fsp3) is 0.500. The number of benzene rings is 1. The topological polar surface area (TPSA) is 76.4 Å². The quantitative estimate of drug-likeness (QED) is 0.658. The van der Waals surface area contributed by atoms with Crippen molar-refractivity contribution >= 4 is 17.3 Å². The van der Waals surface area contributed by atoms with E-state index in [1.165, 1.54) is 0 Å². The second-order valence-electron chi connectivity index (χ2n) is 4.37. The summed E-state index contributed by atoms with van der Waals surface area (Å²) in [5, 5.41) is 6.05. The van der Waals surface area contributed by atoms with Crippen LogP contribution in [0.3, 0.4) is 0 Å². The third kappa shape index (κ3) is 4.79. The Bertz CT molecular complexity index is 421. The van der Waals surface area contributed by atoms with Crippen LogP contribution >= 0.6 is 0 Å². The Balaban J connectivity index is 2.84. The summed E-state index contributed by atoms with van der Waals surface area (Å²) in [6, 6.07) is 5.33. The van der Waals surface area contributed by atoms with Crippen LogP contribution in [0.5, 0.6) is 0 Å². The molecule has 1 unspecified atom stereocenters. The maximum atomic E-state index is 11.9. The number of nitrogen functional groups attached to an aromatic ring is 1. The van der Waals surface area contributed by atoms with Gasteiger partial charge in [0.1, 0.15) is 0 Å². The van der Waals surface area contributed by atoms with Crippen molar-refractivity contribution in [1.82, 2.24) is 5.32 Å². The lowest BCUT2D eigenvalue weighted by Gasteiger charge is -2.18. The van der Waals surface area contributed by atoms with E-state index < -0.39 is 0 Å². The zero-order valence-corrected chi connectivity index (χ0v) is 11.8. The standard InChI is InChI=1S/C14H23N3O2/c1-4-16-14(18)12-7-6-11(15)8-13(12)17-10(3)9-19-5-2/h6-8,10,17H,4-5,9,15H2,1-3H3,(H,16,18). The van der Waals surface area contributed by atoms with E-state index >= 15 is 0 Å². The monoisotopic (exact) mass is 265 g/mol. The smallest absolute Gasteiger partial charge is 0.253 e. The number of nitrogens with one attached hydrogen (secondary N) is 2. The Morgan fingerprint density at radius 3 is 2.79 bits per heavy atom. The SMILES string of the molecule is CCNC(=O)c1ccc(N)cc1NC(C)COCC. The van der Waals surface area contributed by atoms with Gasteiger partial charge in [-0.15, -0.1) is 0 Å². The zero-order valence-electron chi connectivity index (χ0n) is 11.8. The van der Waals surface area contributed by atoms with Crippen molar-refractivity contribution in [3.05, 3.63) is 23.8 Å². The van der Waals surface area contributed by atoms with E-state index in [0.717, 1.165) is 5.69 Å². The number of anilines is 2. The molecule has 0 saturated carbocycles. The van der Waals surface area contributed by atoms with Gasteiger partial charge < -0.3 is 21.1 Å². The van der Waals surface area contributed by atoms with Crippen LogP contribution in [-0.4, -0.2) is 31.7 Å². The van der Waals surface area contributed by atoms with Gasteiger partial charge in [-0.05, 0) is 39.0 Å². The highest BCUT2D eigenvalue weighted by molar-refractivity contribution is 6.00. The molecule has 0 radical (unpaired) electrons. The Kier molecular flexibility index (Phi) is 6.15. The van der Waals surface area contributed by atoms with Gasteiger partial charge in [-0.3, -0.25) is 4.79 Å². The summed E-state index contributed by atoms with van der Waals surface area (Å²) in [5.74, 6) is -0.103. The highest BCUT2D eigenvalue weighted by Gasteiger charge is 2.12. The Hall–Kier alpha value is -1.75. The highest BCUT2D eigenvalue weighted by Crippen LogP contribution is 2.20. The molecule has 0 aliphatic heterocycles. The number of nitrogens with two attached hydrogens (primary N) is 1. The molecule has 0 saturated heterocycles. The lowest BCUT2D eigenvalue weighted by molar-refractivity contribution is 0.0956. The third-order valence-corrected chi connectivity index (χ3v) is 2.60. The summed E-state index contributed by atoms with van der Waals surface area (Å²) in [5.41, 5.74) is 7.73. The van der Waals surface area contributed by atoms with E-state index in [-0.39, 0.29) is 11.9 Å². The molecule has 1 amide bonds. The first-order valence-corrected chi connectivity index (χ1v) is 6.60. The second-order valence-corrected chi connectivity index (χ2v) is 4.37. The summed E-state index contributed by atoms with van der Waals surface area (Å²) >= 11 is 0. The molecule has 0 bridgehead atoms. The van der Waals surface area contributed by atoms with Crippen molar-refractivity contribution in [3.63, 3.8) is 0 Å². The van der Waals surface area contributed by atoms with Gasteiger partial charge in [0, 0.05) is 30.6 Å². The van der Waals surface area contributed by atoms with Gasteiger partial charge >= 0.3 is 0 Å². The fourth-order valence-corrected chi connectivity index (χ4v) is 1.74. The number of hydrogen-bond donors (Lipinski definition) is 3. The molecule has 0 aromatic heterocycles. The van der Waals surface area contributed by atoms with Gasteiger partial charge in [-0.1, -0.05) is 0 Å².